The Balaban J connectivity index is 2.19. The summed E-state index contributed by atoms with van der Waals surface area (Å²) in [5, 5.41) is 13.0. The molecule has 29 heavy (non-hydrogen) atoms. The number of benzene rings is 1. The summed E-state index contributed by atoms with van der Waals surface area (Å²) in [4.78, 5) is 38.2. The van der Waals surface area contributed by atoms with E-state index in [1.54, 1.807) is 27.0 Å². The molecule has 0 spiro atoms. The van der Waals surface area contributed by atoms with E-state index >= 15 is 0 Å². The number of aliphatic carboxylic acids is 1. The molecule has 1 heterocycles. The molecular weight excluding hydrogens is 376 g/mol. The molecule has 3 N–H and O–H groups in total. The molecule has 8 heteroatoms. The van der Waals surface area contributed by atoms with Gasteiger partial charge in [-0.15, -0.1) is 0 Å². The van der Waals surface area contributed by atoms with E-state index < -0.39 is 29.7 Å². The van der Waals surface area contributed by atoms with Crippen molar-refractivity contribution >= 4 is 28.9 Å². The summed E-state index contributed by atoms with van der Waals surface area (Å²) >= 11 is 0. The average molecular weight is 402 g/mol. The highest BCUT2D eigenvalue weighted by molar-refractivity contribution is 5.90. The summed E-state index contributed by atoms with van der Waals surface area (Å²) < 4.78 is 10.3. The predicted molar refractivity (Wildman–Crippen MR) is 108 cm³/mol. The Morgan fingerprint density at radius 1 is 1.24 bits per heavy atom. The summed E-state index contributed by atoms with van der Waals surface area (Å²) in [6.07, 6.45) is 1.58. The zero-order chi connectivity index (χ0) is 21.6. The van der Waals surface area contributed by atoms with Gasteiger partial charge in [-0.25, -0.2) is 9.59 Å². The second-order valence-electron chi connectivity index (χ2n) is 7.56. The number of aromatic amines is 1. The monoisotopic (exact) mass is 402 g/mol. The largest absolute Gasteiger partial charge is 0.478 e. The highest BCUT2D eigenvalue weighted by Gasteiger charge is 2.20. The molecule has 8 nitrogen and oxygen atoms in total. The van der Waals surface area contributed by atoms with Gasteiger partial charge in [-0.05, 0) is 38.5 Å². The van der Waals surface area contributed by atoms with Crippen molar-refractivity contribution in [1.29, 1.82) is 0 Å². The standard InChI is InChI=1S/C21H26N2O6/c1-13(24)28-16(12-23-20(27)29-21(2,3)4)10-14(19(25)26)9-15-11-22-18-8-6-5-7-17(15)18/h5-8,10-11,16,22H,9,12H2,1-4H3,(H,23,27)(H,25,26). The van der Waals surface area contributed by atoms with Crippen LogP contribution in [0, 0.1) is 0 Å². The summed E-state index contributed by atoms with van der Waals surface area (Å²) in [6.45, 7) is 6.27. The molecule has 0 aliphatic heterocycles. The summed E-state index contributed by atoms with van der Waals surface area (Å²) in [6, 6.07) is 7.55. The summed E-state index contributed by atoms with van der Waals surface area (Å²) in [5.41, 5.74) is 1.07. The van der Waals surface area contributed by atoms with Crippen LogP contribution in [-0.2, 0) is 25.5 Å². The van der Waals surface area contributed by atoms with Gasteiger partial charge in [0.05, 0.1) is 6.54 Å². The van der Waals surface area contributed by atoms with Crippen molar-refractivity contribution in [3.05, 3.63) is 47.7 Å². The molecule has 1 aromatic heterocycles. The normalized spacial score (nSPS) is 13.0. The van der Waals surface area contributed by atoms with Crippen LogP contribution in [0.4, 0.5) is 4.79 Å². The third-order valence-electron chi connectivity index (χ3n) is 3.88. The van der Waals surface area contributed by atoms with Gasteiger partial charge in [0.2, 0.25) is 0 Å². The number of fused-ring (bicyclic) bond motifs is 1. The van der Waals surface area contributed by atoms with E-state index in [2.05, 4.69) is 10.3 Å². The lowest BCUT2D eigenvalue weighted by Crippen LogP contribution is -2.38. The molecule has 1 amide bonds. The summed E-state index contributed by atoms with van der Waals surface area (Å²) in [5.74, 6) is -1.72. The Morgan fingerprint density at radius 2 is 1.93 bits per heavy atom. The number of aromatic nitrogens is 1. The number of carbonyl (C=O) groups is 3. The second kappa shape index (κ2) is 9.27. The highest BCUT2D eigenvalue weighted by atomic mass is 16.6. The van der Waals surface area contributed by atoms with Crippen LogP contribution in [0.3, 0.4) is 0 Å². The Morgan fingerprint density at radius 3 is 2.55 bits per heavy atom. The molecular formula is C21H26N2O6. The smallest absolute Gasteiger partial charge is 0.407 e. The van der Waals surface area contributed by atoms with Gasteiger partial charge < -0.3 is 24.9 Å². The molecule has 2 rings (SSSR count). The Labute approximate surface area is 168 Å². The lowest BCUT2D eigenvalue weighted by Gasteiger charge is -2.21. The van der Waals surface area contributed by atoms with E-state index in [1.807, 2.05) is 24.3 Å². The van der Waals surface area contributed by atoms with Crippen LogP contribution in [-0.4, -0.2) is 46.4 Å². The second-order valence-corrected chi connectivity index (χ2v) is 7.56. The molecule has 156 valence electrons. The van der Waals surface area contributed by atoms with Gasteiger partial charge in [-0.1, -0.05) is 18.2 Å². The Hall–Kier alpha value is -3.29. The zero-order valence-electron chi connectivity index (χ0n) is 16.9. The van der Waals surface area contributed by atoms with Crippen LogP contribution in [0.5, 0.6) is 0 Å². The van der Waals surface area contributed by atoms with Crippen molar-refractivity contribution < 1.29 is 29.0 Å². The minimum absolute atomic E-state index is 0.0481. The maximum absolute atomic E-state index is 11.9. The first kappa shape index (κ1) is 22.0. The number of carboxylic acid groups (broad SMARTS) is 1. The van der Waals surface area contributed by atoms with Crippen LogP contribution < -0.4 is 5.32 Å². The fourth-order valence-corrected chi connectivity index (χ4v) is 2.76. The maximum Gasteiger partial charge on any atom is 0.407 e. The number of alkyl carbamates (subject to hydrolysis) is 1. The molecule has 0 bridgehead atoms. The van der Waals surface area contributed by atoms with E-state index in [9.17, 15) is 19.5 Å². The number of esters is 1. The van der Waals surface area contributed by atoms with Crippen LogP contribution in [0.25, 0.3) is 10.9 Å². The van der Waals surface area contributed by atoms with E-state index in [4.69, 9.17) is 9.47 Å². The van der Waals surface area contributed by atoms with Crippen molar-refractivity contribution in [2.75, 3.05) is 6.54 Å². The Kier molecular flexibility index (Phi) is 7.03. The average Bonchev–Trinajstić information content (AvgIpc) is 3.00. The number of carbonyl (C=O) groups excluding carboxylic acids is 2. The molecule has 0 fully saturated rings. The number of ether oxygens (including phenoxy) is 2. The van der Waals surface area contributed by atoms with Gasteiger partial charge in [0, 0.05) is 36.0 Å². The van der Waals surface area contributed by atoms with Crippen LogP contribution >= 0.6 is 0 Å². The van der Waals surface area contributed by atoms with E-state index in [0.717, 1.165) is 16.5 Å². The minimum Gasteiger partial charge on any atom is -0.478 e. The summed E-state index contributed by atoms with van der Waals surface area (Å²) in [7, 11) is 0. The first-order chi connectivity index (χ1) is 13.5. The fraction of sp³-hybridized carbons (Fsp3) is 0.381. The van der Waals surface area contributed by atoms with Crippen molar-refractivity contribution in [3.63, 3.8) is 0 Å². The molecule has 1 aromatic carbocycles. The van der Waals surface area contributed by atoms with E-state index in [0.29, 0.717) is 0 Å². The Bertz CT molecular complexity index is 923. The van der Waals surface area contributed by atoms with E-state index in [-0.39, 0.29) is 18.5 Å². The molecule has 0 saturated carbocycles. The SMILES string of the molecule is CC(=O)OC(C=C(Cc1c[nH]c2ccccc12)C(=O)O)CNC(=O)OC(C)(C)C. The van der Waals surface area contributed by atoms with Crippen LogP contribution in [0.15, 0.2) is 42.1 Å². The number of hydrogen-bond acceptors (Lipinski definition) is 5. The van der Waals surface area contributed by atoms with Gasteiger partial charge in [0.25, 0.3) is 0 Å². The van der Waals surface area contributed by atoms with E-state index in [1.165, 1.54) is 13.0 Å². The quantitative estimate of drug-likeness (QED) is 0.484. The topological polar surface area (TPSA) is 118 Å². The highest BCUT2D eigenvalue weighted by Crippen LogP contribution is 2.21. The molecule has 0 saturated heterocycles. The zero-order valence-corrected chi connectivity index (χ0v) is 16.9. The third kappa shape index (κ3) is 6.99. The predicted octanol–water partition coefficient (Wildman–Crippen LogP) is 3.18. The number of H-pyrrole nitrogens is 1. The molecule has 2 aromatic rings. The van der Waals surface area contributed by atoms with Crippen molar-refractivity contribution in [2.45, 2.75) is 45.8 Å². The lowest BCUT2D eigenvalue weighted by atomic mass is 10.0. The van der Waals surface area contributed by atoms with Gasteiger partial charge in [0.1, 0.15) is 11.7 Å². The fourth-order valence-electron chi connectivity index (χ4n) is 2.76. The molecule has 0 aliphatic rings. The first-order valence-electron chi connectivity index (χ1n) is 9.18. The number of amides is 1. The molecule has 1 unspecified atom stereocenters. The molecule has 0 radical (unpaired) electrons. The number of hydrogen-bond donors (Lipinski definition) is 3. The van der Waals surface area contributed by atoms with Crippen LogP contribution in [0.2, 0.25) is 0 Å². The van der Waals surface area contributed by atoms with Crippen molar-refractivity contribution in [3.8, 4) is 0 Å². The maximum atomic E-state index is 11.9. The number of carboxylic acids is 1. The lowest BCUT2D eigenvalue weighted by molar-refractivity contribution is -0.144. The van der Waals surface area contributed by atoms with Gasteiger partial charge in [-0.3, -0.25) is 4.79 Å². The van der Waals surface area contributed by atoms with Crippen molar-refractivity contribution in [1.82, 2.24) is 10.3 Å². The molecule has 1 atom stereocenters. The van der Waals surface area contributed by atoms with Gasteiger partial charge in [0.15, 0.2) is 0 Å². The third-order valence-corrected chi connectivity index (χ3v) is 3.88. The number of nitrogens with one attached hydrogen (secondary N) is 2. The van der Waals surface area contributed by atoms with Crippen LogP contribution in [0.1, 0.15) is 33.3 Å². The first-order valence-corrected chi connectivity index (χ1v) is 9.18. The number of para-hydroxylation sites is 1. The van der Waals surface area contributed by atoms with Gasteiger partial charge >= 0.3 is 18.0 Å². The number of rotatable bonds is 7. The molecule has 0 aliphatic carbocycles. The van der Waals surface area contributed by atoms with Crippen molar-refractivity contribution in [2.24, 2.45) is 0 Å². The minimum atomic E-state index is -1.13. The van der Waals surface area contributed by atoms with Gasteiger partial charge in [-0.2, -0.15) is 0 Å².